The number of thiophene rings is 1. The van der Waals surface area contributed by atoms with E-state index in [1.165, 1.54) is 0 Å². The highest BCUT2D eigenvalue weighted by molar-refractivity contribution is 7.15. The minimum atomic E-state index is -1.24. The van der Waals surface area contributed by atoms with Crippen LogP contribution in [-0.4, -0.2) is 36.2 Å². The molecular formula is C19H19NO6S. The quantitative estimate of drug-likeness (QED) is 0.529. The lowest BCUT2D eigenvalue weighted by molar-refractivity contribution is -0.131. The Balaban J connectivity index is 2.37. The molecule has 0 fully saturated rings. The van der Waals surface area contributed by atoms with Gasteiger partial charge in [-0.15, -0.1) is 11.3 Å². The molecule has 27 heavy (non-hydrogen) atoms. The van der Waals surface area contributed by atoms with Gasteiger partial charge >= 0.3 is 11.9 Å². The van der Waals surface area contributed by atoms with Gasteiger partial charge in [0.25, 0.3) is 0 Å². The van der Waals surface area contributed by atoms with E-state index in [0.29, 0.717) is 17.9 Å². The van der Waals surface area contributed by atoms with Gasteiger partial charge in [0.15, 0.2) is 0 Å². The fraction of sp³-hybridized carbons (Fsp3) is 0.211. The van der Waals surface area contributed by atoms with Crippen LogP contribution in [0.5, 0.6) is 5.75 Å². The van der Waals surface area contributed by atoms with Crippen LogP contribution in [0.15, 0.2) is 41.8 Å². The van der Waals surface area contributed by atoms with E-state index in [4.69, 9.17) is 14.6 Å². The highest BCUT2D eigenvalue weighted by Gasteiger charge is 2.22. The van der Waals surface area contributed by atoms with Gasteiger partial charge < -0.3 is 19.9 Å². The van der Waals surface area contributed by atoms with E-state index < -0.39 is 17.8 Å². The van der Waals surface area contributed by atoms with Crippen molar-refractivity contribution in [2.45, 2.75) is 13.8 Å². The first-order valence-corrected chi connectivity index (χ1v) is 9.08. The third kappa shape index (κ3) is 5.42. The molecule has 0 radical (unpaired) electrons. The molecular weight excluding hydrogens is 370 g/mol. The van der Waals surface area contributed by atoms with Crippen LogP contribution in [0.25, 0.3) is 11.1 Å². The second-order valence-corrected chi connectivity index (χ2v) is 6.07. The number of carboxylic acid groups (broad SMARTS) is 1. The predicted octanol–water partition coefficient (Wildman–Crippen LogP) is 3.57. The molecule has 0 bridgehead atoms. The summed E-state index contributed by atoms with van der Waals surface area (Å²) in [4.78, 5) is 34.9. The van der Waals surface area contributed by atoms with Crippen LogP contribution in [0, 0.1) is 0 Å². The molecule has 0 spiro atoms. The zero-order chi connectivity index (χ0) is 19.8. The van der Waals surface area contributed by atoms with Gasteiger partial charge in [0, 0.05) is 23.1 Å². The van der Waals surface area contributed by atoms with E-state index in [0.717, 1.165) is 29.1 Å². The Morgan fingerprint density at radius 3 is 2.41 bits per heavy atom. The van der Waals surface area contributed by atoms with E-state index in [9.17, 15) is 14.4 Å². The summed E-state index contributed by atoms with van der Waals surface area (Å²) in [6, 6.07) is 7.20. The van der Waals surface area contributed by atoms with Gasteiger partial charge in [-0.05, 0) is 31.5 Å². The van der Waals surface area contributed by atoms with Crippen molar-refractivity contribution in [3.8, 4) is 16.9 Å². The number of carboxylic acids is 1. The molecule has 0 saturated carbocycles. The second kappa shape index (κ2) is 9.54. The molecule has 142 valence electrons. The maximum absolute atomic E-state index is 12.4. The largest absolute Gasteiger partial charge is 0.494 e. The molecule has 0 saturated heterocycles. The first-order chi connectivity index (χ1) is 13.0. The number of benzene rings is 1. The first kappa shape index (κ1) is 20.2. The summed E-state index contributed by atoms with van der Waals surface area (Å²) in [6.45, 7) is 4.31. The average molecular weight is 389 g/mol. The van der Waals surface area contributed by atoms with Gasteiger partial charge in [-0.1, -0.05) is 12.1 Å². The smallest absolute Gasteiger partial charge is 0.341 e. The van der Waals surface area contributed by atoms with Crippen molar-refractivity contribution < 1.29 is 29.0 Å². The topological polar surface area (TPSA) is 102 Å². The lowest BCUT2D eigenvalue weighted by Crippen LogP contribution is -2.13. The number of ether oxygens (including phenoxy) is 2. The molecule has 0 aliphatic carbocycles. The number of rotatable bonds is 8. The molecule has 8 heteroatoms. The minimum absolute atomic E-state index is 0.184. The Morgan fingerprint density at radius 2 is 1.81 bits per heavy atom. The fourth-order valence-corrected chi connectivity index (χ4v) is 3.23. The van der Waals surface area contributed by atoms with E-state index in [1.807, 2.05) is 19.1 Å². The molecule has 2 rings (SSSR count). The van der Waals surface area contributed by atoms with Crippen molar-refractivity contribution in [1.82, 2.24) is 0 Å². The van der Waals surface area contributed by atoms with Crippen LogP contribution in [0.3, 0.4) is 0 Å². The summed E-state index contributed by atoms with van der Waals surface area (Å²) in [6.07, 6.45) is 1.61. The van der Waals surface area contributed by atoms with Crippen LogP contribution in [0.4, 0.5) is 5.00 Å². The Bertz CT molecular complexity index is 854. The average Bonchev–Trinajstić information content (AvgIpc) is 3.04. The number of hydrogen-bond acceptors (Lipinski definition) is 6. The van der Waals surface area contributed by atoms with E-state index in [1.54, 1.807) is 24.4 Å². The highest BCUT2D eigenvalue weighted by Crippen LogP contribution is 2.36. The molecule has 1 heterocycles. The summed E-state index contributed by atoms with van der Waals surface area (Å²) in [5, 5.41) is 13.2. The normalized spacial score (nSPS) is 10.6. The number of anilines is 1. The monoisotopic (exact) mass is 389 g/mol. The Labute approximate surface area is 160 Å². The number of esters is 1. The molecule has 1 aromatic carbocycles. The Hall–Kier alpha value is -3.13. The van der Waals surface area contributed by atoms with Gasteiger partial charge in [0.1, 0.15) is 16.3 Å². The van der Waals surface area contributed by atoms with Crippen LogP contribution in [-0.2, 0) is 14.3 Å². The van der Waals surface area contributed by atoms with Gasteiger partial charge in [-0.2, -0.15) is 0 Å². The molecule has 7 nitrogen and oxygen atoms in total. The van der Waals surface area contributed by atoms with Crippen molar-refractivity contribution in [2.75, 3.05) is 18.5 Å². The first-order valence-electron chi connectivity index (χ1n) is 8.20. The number of nitrogens with one attached hydrogen (secondary N) is 1. The number of carbonyl (C=O) groups excluding carboxylic acids is 2. The number of aliphatic carboxylic acids is 1. The van der Waals surface area contributed by atoms with Gasteiger partial charge in [0.05, 0.1) is 13.2 Å². The van der Waals surface area contributed by atoms with E-state index in [2.05, 4.69) is 5.32 Å². The molecule has 1 aromatic heterocycles. The molecule has 0 atom stereocenters. The molecule has 2 N–H and O–H groups in total. The standard InChI is InChI=1S/C19H19NO6S/c1-3-25-13-7-5-12(6-8-13)14-11-27-18(17(14)19(24)26-4-2)20-15(21)9-10-16(22)23/h5-11H,3-4H2,1-2H3,(H,20,21)(H,22,23)/b10-9+. The summed E-state index contributed by atoms with van der Waals surface area (Å²) in [5.74, 6) is -1.75. The zero-order valence-corrected chi connectivity index (χ0v) is 15.7. The Kier molecular flexibility index (Phi) is 7.13. The summed E-state index contributed by atoms with van der Waals surface area (Å²) in [5.41, 5.74) is 1.60. The molecule has 0 aliphatic heterocycles. The van der Waals surface area contributed by atoms with Crippen LogP contribution < -0.4 is 10.1 Å². The minimum Gasteiger partial charge on any atom is -0.494 e. The third-order valence-electron chi connectivity index (χ3n) is 3.36. The fourth-order valence-electron chi connectivity index (χ4n) is 2.27. The maximum atomic E-state index is 12.4. The van der Waals surface area contributed by atoms with Crippen molar-refractivity contribution in [1.29, 1.82) is 0 Å². The van der Waals surface area contributed by atoms with Crippen LogP contribution >= 0.6 is 11.3 Å². The van der Waals surface area contributed by atoms with Crippen molar-refractivity contribution in [3.05, 3.63) is 47.4 Å². The molecule has 0 aliphatic rings. The lowest BCUT2D eigenvalue weighted by Gasteiger charge is -2.09. The van der Waals surface area contributed by atoms with Crippen molar-refractivity contribution in [3.63, 3.8) is 0 Å². The number of amides is 1. The summed E-state index contributed by atoms with van der Waals surface area (Å²) in [7, 11) is 0. The van der Waals surface area contributed by atoms with Gasteiger partial charge in [-0.25, -0.2) is 9.59 Å². The van der Waals surface area contributed by atoms with Crippen molar-refractivity contribution >= 4 is 34.2 Å². The Morgan fingerprint density at radius 1 is 1.11 bits per heavy atom. The molecule has 0 unspecified atom stereocenters. The molecule has 1 amide bonds. The van der Waals surface area contributed by atoms with Crippen LogP contribution in [0.1, 0.15) is 24.2 Å². The number of hydrogen-bond donors (Lipinski definition) is 2. The number of carbonyl (C=O) groups is 3. The summed E-state index contributed by atoms with van der Waals surface area (Å²) < 4.78 is 10.5. The van der Waals surface area contributed by atoms with Gasteiger partial charge in [-0.3, -0.25) is 4.79 Å². The maximum Gasteiger partial charge on any atom is 0.341 e. The zero-order valence-electron chi connectivity index (χ0n) is 14.9. The third-order valence-corrected chi connectivity index (χ3v) is 4.26. The van der Waals surface area contributed by atoms with E-state index >= 15 is 0 Å². The van der Waals surface area contributed by atoms with E-state index in [-0.39, 0.29) is 17.2 Å². The lowest BCUT2D eigenvalue weighted by atomic mass is 10.0. The highest BCUT2D eigenvalue weighted by atomic mass is 32.1. The summed E-state index contributed by atoms with van der Waals surface area (Å²) >= 11 is 1.16. The van der Waals surface area contributed by atoms with Gasteiger partial charge in [0.2, 0.25) is 5.91 Å². The van der Waals surface area contributed by atoms with Crippen LogP contribution in [0.2, 0.25) is 0 Å². The predicted molar refractivity (Wildman–Crippen MR) is 102 cm³/mol. The SMILES string of the molecule is CCOC(=O)c1c(-c2ccc(OCC)cc2)csc1NC(=O)/C=C/C(=O)O. The van der Waals surface area contributed by atoms with Crippen molar-refractivity contribution in [2.24, 2.45) is 0 Å². The molecule has 2 aromatic rings. The second-order valence-electron chi connectivity index (χ2n) is 5.19.